The van der Waals surface area contributed by atoms with E-state index in [1.807, 2.05) is 0 Å². The first kappa shape index (κ1) is 10.3. The summed E-state index contributed by atoms with van der Waals surface area (Å²) in [4.78, 5) is 7.66. The molecule has 0 radical (unpaired) electrons. The zero-order valence-electron chi connectivity index (χ0n) is 7.83. The Bertz CT molecular complexity index is 246. The lowest BCUT2D eigenvalue weighted by Crippen LogP contribution is -2.13. The minimum absolute atomic E-state index is 0.241. The number of hydrogen-bond acceptors (Lipinski definition) is 3. The third kappa shape index (κ3) is 3.19. The Kier molecular flexibility index (Phi) is 3.96. The number of nitrogens with zero attached hydrogens (tertiary/aromatic N) is 2. The maximum Gasteiger partial charge on any atom is 0.222 e. The van der Waals surface area contributed by atoms with Gasteiger partial charge in [0.1, 0.15) is 0 Å². The van der Waals surface area contributed by atoms with Gasteiger partial charge in [0.25, 0.3) is 0 Å². The van der Waals surface area contributed by atoms with Gasteiger partial charge in [-0.3, -0.25) is 0 Å². The van der Waals surface area contributed by atoms with Gasteiger partial charge in [0.05, 0.1) is 18.5 Å². The predicted molar refractivity (Wildman–Crippen MR) is 52.0 cm³/mol. The van der Waals surface area contributed by atoms with E-state index in [0.717, 1.165) is 12.8 Å². The van der Waals surface area contributed by atoms with Crippen LogP contribution >= 0.6 is 11.6 Å². The first-order valence-electron chi connectivity index (χ1n) is 4.40. The Morgan fingerprint density at radius 2 is 1.85 bits per heavy atom. The molecule has 0 saturated heterocycles. The fourth-order valence-electron chi connectivity index (χ4n) is 1.01. The van der Waals surface area contributed by atoms with E-state index in [-0.39, 0.29) is 11.4 Å². The molecular weight excluding hydrogens is 188 g/mol. The van der Waals surface area contributed by atoms with E-state index in [0.29, 0.717) is 5.75 Å². The van der Waals surface area contributed by atoms with Crippen LogP contribution in [0.25, 0.3) is 0 Å². The quantitative estimate of drug-likeness (QED) is 0.701. The van der Waals surface area contributed by atoms with Crippen LogP contribution in [0.3, 0.4) is 0 Å². The number of rotatable bonds is 4. The van der Waals surface area contributed by atoms with Crippen molar-refractivity contribution in [2.45, 2.75) is 32.8 Å². The molecule has 0 aromatic carbocycles. The SMILES string of the molecule is CCC(CC)Oc1cnc(Cl)nc1. The second kappa shape index (κ2) is 5.02. The van der Waals surface area contributed by atoms with E-state index in [1.54, 1.807) is 12.4 Å². The lowest BCUT2D eigenvalue weighted by Gasteiger charge is -2.14. The first-order chi connectivity index (χ1) is 6.26. The molecule has 0 spiro atoms. The Morgan fingerprint density at radius 1 is 1.31 bits per heavy atom. The van der Waals surface area contributed by atoms with E-state index < -0.39 is 0 Å². The standard InChI is InChI=1S/C9H13ClN2O/c1-3-7(4-2)13-8-5-11-9(10)12-6-8/h5-7H,3-4H2,1-2H3. The molecule has 1 aromatic heterocycles. The van der Waals surface area contributed by atoms with Crippen LogP contribution in [0.5, 0.6) is 5.75 Å². The summed E-state index contributed by atoms with van der Waals surface area (Å²) in [6.45, 7) is 4.18. The molecule has 1 heterocycles. The van der Waals surface area contributed by atoms with Crippen molar-refractivity contribution in [3.8, 4) is 5.75 Å². The fourth-order valence-corrected chi connectivity index (χ4v) is 1.11. The van der Waals surface area contributed by atoms with Crippen LogP contribution in [0, 0.1) is 0 Å². The Labute approximate surface area is 83.1 Å². The van der Waals surface area contributed by atoms with Crippen molar-refractivity contribution in [3.05, 3.63) is 17.7 Å². The van der Waals surface area contributed by atoms with Gasteiger partial charge in [-0.05, 0) is 24.4 Å². The lowest BCUT2D eigenvalue weighted by atomic mass is 10.2. The smallest absolute Gasteiger partial charge is 0.222 e. The normalized spacial score (nSPS) is 10.5. The van der Waals surface area contributed by atoms with Gasteiger partial charge < -0.3 is 4.74 Å². The summed E-state index contributed by atoms with van der Waals surface area (Å²) in [5, 5.41) is 0.247. The van der Waals surface area contributed by atoms with Gasteiger partial charge in [-0.15, -0.1) is 0 Å². The predicted octanol–water partition coefficient (Wildman–Crippen LogP) is 2.70. The monoisotopic (exact) mass is 200 g/mol. The molecule has 1 rings (SSSR count). The highest BCUT2D eigenvalue weighted by atomic mass is 35.5. The lowest BCUT2D eigenvalue weighted by molar-refractivity contribution is 0.191. The van der Waals surface area contributed by atoms with Crippen LogP contribution in [0.15, 0.2) is 12.4 Å². The average molecular weight is 201 g/mol. The van der Waals surface area contributed by atoms with Gasteiger partial charge in [0.15, 0.2) is 5.75 Å². The summed E-state index contributed by atoms with van der Waals surface area (Å²) in [6.07, 6.45) is 5.39. The van der Waals surface area contributed by atoms with Crippen molar-refractivity contribution in [3.63, 3.8) is 0 Å². The maximum atomic E-state index is 5.58. The first-order valence-corrected chi connectivity index (χ1v) is 4.78. The van der Waals surface area contributed by atoms with Crippen LogP contribution in [-0.4, -0.2) is 16.1 Å². The van der Waals surface area contributed by atoms with Crippen molar-refractivity contribution in [1.29, 1.82) is 0 Å². The molecule has 1 aromatic rings. The van der Waals surface area contributed by atoms with Crippen molar-refractivity contribution in [2.75, 3.05) is 0 Å². The molecule has 0 aliphatic carbocycles. The molecule has 0 bridgehead atoms. The summed E-state index contributed by atoms with van der Waals surface area (Å²) in [5.41, 5.74) is 0. The van der Waals surface area contributed by atoms with Gasteiger partial charge in [0, 0.05) is 0 Å². The molecule has 72 valence electrons. The molecule has 0 amide bonds. The summed E-state index contributed by atoms with van der Waals surface area (Å²) < 4.78 is 5.58. The molecule has 0 atom stereocenters. The minimum atomic E-state index is 0.241. The molecule has 0 fully saturated rings. The Hall–Kier alpha value is -0.830. The molecule has 3 nitrogen and oxygen atoms in total. The summed E-state index contributed by atoms with van der Waals surface area (Å²) in [6, 6.07) is 0. The third-order valence-corrected chi connectivity index (χ3v) is 2.01. The highest BCUT2D eigenvalue weighted by molar-refractivity contribution is 6.28. The van der Waals surface area contributed by atoms with E-state index in [4.69, 9.17) is 16.3 Å². The van der Waals surface area contributed by atoms with Crippen LogP contribution in [0.4, 0.5) is 0 Å². The molecule has 4 heteroatoms. The number of halogens is 1. The maximum absolute atomic E-state index is 5.58. The molecular formula is C9H13ClN2O. The largest absolute Gasteiger partial charge is 0.487 e. The van der Waals surface area contributed by atoms with Crippen molar-refractivity contribution in [1.82, 2.24) is 9.97 Å². The van der Waals surface area contributed by atoms with E-state index in [9.17, 15) is 0 Å². The van der Waals surface area contributed by atoms with Crippen molar-refractivity contribution in [2.24, 2.45) is 0 Å². The molecule has 0 unspecified atom stereocenters. The summed E-state index contributed by atoms with van der Waals surface area (Å²) in [5.74, 6) is 0.679. The number of hydrogen-bond donors (Lipinski definition) is 0. The van der Waals surface area contributed by atoms with Crippen molar-refractivity contribution >= 4 is 11.6 Å². The van der Waals surface area contributed by atoms with E-state index in [1.165, 1.54) is 0 Å². The Balaban J connectivity index is 2.58. The second-order valence-corrected chi connectivity index (χ2v) is 3.08. The molecule has 0 N–H and O–H groups in total. The topological polar surface area (TPSA) is 35.0 Å². The van der Waals surface area contributed by atoms with Crippen LogP contribution in [-0.2, 0) is 0 Å². The number of ether oxygens (including phenoxy) is 1. The van der Waals surface area contributed by atoms with Crippen LogP contribution in [0.1, 0.15) is 26.7 Å². The summed E-state index contributed by atoms with van der Waals surface area (Å²) in [7, 11) is 0. The zero-order chi connectivity index (χ0) is 9.68. The molecule has 0 saturated carbocycles. The third-order valence-electron chi connectivity index (χ3n) is 1.81. The number of aromatic nitrogens is 2. The summed E-state index contributed by atoms with van der Waals surface area (Å²) >= 11 is 5.54. The van der Waals surface area contributed by atoms with Crippen LogP contribution in [0.2, 0.25) is 5.28 Å². The van der Waals surface area contributed by atoms with Gasteiger partial charge in [-0.1, -0.05) is 13.8 Å². The highest BCUT2D eigenvalue weighted by Crippen LogP contribution is 2.13. The Morgan fingerprint density at radius 3 is 2.31 bits per heavy atom. The fraction of sp³-hybridized carbons (Fsp3) is 0.556. The molecule has 0 aliphatic rings. The molecule has 13 heavy (non-hydrogen) atoms. The zero-order valence-corrected chi connectivity index (χ0v) is 8.58. The van der Waals surface area contributed by atoms with Gasteiger partial charge in [0.2, 0.25) is 5.28 Å². The van der Waals surface area contributed by atoms with Crippen LogP contribution < -0.4 is 4.74 Å². The van der Waals surface area contributed by atoms with E-state index >= 15 is 0 Å². The van der Waals surface area contributed by atoms with Crippen molar-refractivity contribution < 1.29 is 4.74 Å². The highest BCUT2D eigenvalue weighted by Gasteiger charge is 2.05. The van der Waals surface area contributed by atoms with Gasteiger partial charge in [-0.25, -0.2) is 9.97 Å². The average Bonchev–Trinajstić information content (AvgIpc) is 2.17. The second-order valence-electron chi connectivity index (χ2n) is 2.74. The van der Waals surface area contributed by atoms with Gasteiger partial charge in [-0.2, -0.15) is 0 Å². The molecule has 0 aliphatic heterocycles. The minimum Gasteiger partial charge on any atom is -0.487 e. The van der Waals surface area contributed by atoms with Gasteiger partial charge >= 0.3 is 0 Å². The van der Waals surface area contributed by atoms with E-state index in [2.05, 4.69) is 23.8 Å².